The first-order chi connectivity index (χ1) is 15.4. The summed E-state index contributed by atoms with van der Waals surface area (Å²) in [5.41, 5.74) is 2.10. The number of nitrogens with one attached hydrogen (secondary N) is 2. The Morgan fingerprint density at radius 1 is 1.19 bits per heavy atom. The summed E-state index contributed by atoms with van der Waals surface area (Å²) in [5, 5.41) is 27.3. The molecule has 0 unspecified atom stereocenters. The molecule has 1 aliphatic rings. The molecule has 0 saturated heterocycles. The molecule has 172 valence electrons. The van der Waals surface area contributed by atoms with Crippen molar-refractivity contribution in [2.75, 3.05) is 30.9 Å². The number of aromatic nitrogens is 3. The van der Waals surface area contributed by atoms with E-state index in [4.69, 9.17) is 4.74 Å². The van der Waals surface area contributed by atoms with Crippen LogP contribution in [0.2, 0.25) is 0 Å². The Morgan fingerprint density at radius 2 is 1.97 bits per heavy atom. The molecule has 1 aliphatic carbocycles. The highest BCUT2D eigenvalue weighted by Crippen LogP contribution is 2.39. The van der Waals surface area contributed by atoms with Crippen molar-refractivity contribution in [3.05, 3.63) is 30.0 Å². The Morgan fingerprint density at radius 3 is 2.66 bits per heavy atom. The Labute approximate surface area is 187 Å². The van der Waals surface area contributed by atoms with Crippen molar-refractivity contribution in [1.82, 2.24) is 15.0 Å². The number of rotatable bonds is 8. The zero-order chi connectivity index (χ0) is 22.8. The molecule has 2 aromatic heterocycles. The first-order valence-electron chi connectivity index (χ1n) is 10.3. The quantitative estimate of drug-likeness (QED) is 0.376. The summed E-state index contributed by atoms with van der Waals surface area (Å²) in [6.07, 6.45) is -5.68. The topological polar surface area (TPSA) is 112 Å². The molecule has 4 atom stereocenters. The minimum absolute atomic E-state index is 0.0885. The van der Waals surface area contributed by atoms with Crippen LogP contribution in [0.1, 0.15) is 12.1 Å². The standard InChI is InChI=1S/C21H25F2N5O3S/c1-10-15(20-27-12-5-3-4-6-14(12)32-20)19(28-21(25-10)24-7-8-31-2)26-13-9-11(18(22)23)16(29)17(13)30/h3-6,11,13,16-18,29-30H,7-9H2,1-2H3,(H2,24,25,26,28)/t11-,13+,16+,17-/m0/s1. The predicted octanol–water partition coefficient (Wildman–Crippen LogP) is 2.91. The van der Waals surface area contributed by atoms with Crippen LogP contribution in [-0.2, 0) is 4.74 Å². The number of aliphatic hydroxyl groups excluding tert-OH is 2. The third-order valence-corrected chi connectivity index (χ3v) is 6.61. The molecule has 0 amide bonds. The number of thiazole rings is 1. The van der Waals surface area contributed by atoms with Crippen molar-refractivity contribution >= 4 is 33.3 Å². The van der Waals surface area contributed by atoms with Crippen molar-refractivity contribution in [2.45, 2.75) is 38.0 Å². The average Bonchev–Trinajstić information content (AvgIpc) is 3.30. The van der Waals surface area contributed by atoms with Crippen LogP contribution in [0.5, 0.6) is 0 Å². The first kappa shape index (κ1) is 22.7. The molecule has 32 heavy (non-hydrogen) atoms. The number of benzene rings is 1. The number of aryl methyl sites for hydroxylation is 1. The summed E-state index contributed by atoms with van der Waals surface area (Å²) < 4.78 is 32.6. The number of anilines is 2. The van der Waals surface area contributed by atoms with E-state index in [9.17, 15) is 19.0 Å². The van der Waals surface area contributed by atoms with E-state index in [0.29, 0.717) is 41.2 Å². The van der Waals surface area contributed by atoms with Gasteiger partial charge in [-0.15, -0.1) is 11.3 Å². The summed E-state index contributed by atoms with van der Waals surface area (Å²) in [6, 6.07) is 6.90. The van der Waals surface area contributed by atoms with Crippen LogP contribution in [-0.4, -0.2) is 70.1 Å². The maximum absolute atomic E-state index is 13.3. The van der Waals surface area contributed by atoms with Crippen molar-refractivity contribution in [1.29, 1.82) is 0 Å². The summed E-state index contributed by atoms with van der Waals surface area (Å²) in [6.45, 7) is 2.75. The van der Waals surface area contributed by atoms with Gasteiger partial charge in [0.05, 0.1) is 46.1 Å². The number of para-hydroxylation sites is 1. The molecule has 4 rings (SSSR count). The van der Waals surface area contributed by atoms with Gasteiger partial charge >= 0.3 is 0 Å². The summed E-state index contributed by atoms with van der Waals surface area (Å²) in [7, 11) is 1.59. The number of hydrogen-bond donors (Lipinski definition) is 4. The second kappa shape index (κ2) is 9.57. The smallest absolute Gasteiger partial charge is 0.244 e. The van der Waals surface area contributed by atoms with Gasteiger partial charge in [-0.2, -0.15) is 4.98 Å². The van der Waals surface area contributed by atoms with Gasteiger partial charge in [0.1, 0.15) is 16.9 Å². The van der Waals surface area contributed by atoms with Crippen LogP contribution < -0.4 is 10.6 Å². The fraction of sp³-hybridized carbons (Fsp3) is 0.476. The predicted molar refractivity (Wildman–Crippen MR) is 119 cm³/mol. The van der Waals surface area contributed by atoms with E-state index < -0.39 is 30.6 Å². The molecule has 2 heterocycles. The second-order valence-electron chi connectivity index (χ2n) is 7.73. The number of alkyl halides is 2. The van der Waals surface area contributed by atoms with Gasteiger partial charge in [0.2, 0.25) is 12.4 Å². The van der Waals surface area contributed by atoms with Crippen LogP contribution in [0.25, 0.3) is 20.8 Å². The maximum Gasteiger partial charge on any atom is 0.244 e. The van der Waals surface area contributed by atoms with Gasteiger partial charge in [0.25, 0.3) is 0 Å². The molecule has 1 saturated carbocycles. The third-order valence-electron chi connectivity index (χ3n) is 5.56. The van der Waals surface area contributed by atoms with E-state index in [1.165, 1.54) is 11.3 Å². The first-order valence-corrected chi connectivity index (χ1v) is 11.1. The van der Waals surface area contributed by atoms with Gasteiger partial charge in [0, 0.05) is 13.7 Å². The van der Waals surface area contributed by atoms with Gasteiger partial charge in [0.15, 0.2) is 0 Å². The minimum atomic E-state index is -2.73. The van der Waals surface area contributed by atoms with Crippen LogP contribution in [0.3, 0.4) is 0 Å². The van der Waals surface area contributed by atoms with E-state index >= 15 is 0 Å². The molecule has 0 bridgehead atoms. The molecule has 1 fully saturated rings. The molecule has 1 aromatic carbocycles. The lowest BCUT2D eigenvalue weighted by atomic mass is 10.1. The molecule has 0 spiro atoms. The molecule has 0 aliphatic heterocycles. The molecule has 3 aromatic rings. The summed E-state index contributed by atoms with van der Waals surface area (Å²) in [4.78, 5) is 13.8. The van der Waals surface area contributed by atoms with Gasteiger partial charge < -0.3 is 25.6 Å². The normalized spacial score (nSPS) is 23.2. The number of halogens is 2. The lowest BCUT2D eigenvalue weighted by molar-refractivity contribution is -0.0333. The summed E-state index contributed by atoms with van der Waals surface area (Å²) in [5.74, 6) is -0.608. The van der Waals surface area contributed by atoms with Gasteiger partial charge in [-0.3, -0.25) is 0 Å². The number of hydrogen-bond acceptors (Lipinski definition) is 9. The second-order valence-corrected chi connectivity index (χ2v) is 8.76. The van der Waals surface area contributed by atoms with Gasteiger partial charge in [-0.25, -0.2) is 18.7 Å². The largest absolute Gasteiger partial charge is 0.390 e. The SMILES string of the molecule is COCCNc1nc(C)c(-c2nc3ccccc3s2)c(N[C@@H]2C[C@H](C(F)F)[C@@H](O)[C@H]2O)n1. The maximum atomic E-state index is 13.3. The van der Waals surface area contributed by atoms with Crippen molar-refractivity contribution in [3.8, 4) is 10.6 Å². The Bertz CT molecular complexity index is 1050. The molecule has 4 N–H and O–H groups in total. The number of nitrogens with zero attached hydrogens (tertiary/aromatic N) is 3. The number of methoxy groups -OCH3 is 1. The van der Waals surface area contributed by atoms with Gasteiger partial charge in [-0.1, -0.05) is 12.1 Å². The molecule has 11 heteroatoms. The van der Waals surface area contributed by atoms with E-state index in [1.54, 1.807) is 7.11 Å². The van der Waals surface area contributed by atoms with Crippen LogP contribution >= 0.6 is 11.3 Å². The molecule has 8 nitrogen and oxygen atoms in total. The Balaban J connectivity index is 1.72. The lowest BCUT2D eigenvalue weighted by Gasteiger charge is -2.21. The number of ether oxygens (including phenoxy) is 1. The molecule has 0 radical (unpaired) electrons. The van der Waals surface area contributed by atoms with Crippen LogP contribution in [0.4, 0.5) is 20.5 Å². The van der Waals surface area contributed by atoms with Crippen LogP contribution in [0.15, 0.2) is 24.3 Å². The average molecular weight is 466 g/mol. The Kier molecular flexibility index (Phi) is 6.79. The van der Waals surface area contributed by atoms with E-state index in [0.717, 1.165) is 10.2 Å². The fourth-order valence-corrected chi connectivity index (χ4v) is 4.96. The highest BCUT2D eigenvalue weighted by Gasteiger charge is 2.46. The Hall–Kier alpha value is -2.47. The van der Waals surface area contributed by atoms with Crippen molar-refractivity contribution in [2.24, 2.45) is 5.92 Å². The number of aliphatic hydroxyl groups is 2. The number of fused-ring (bicyclic) bond motifs is 1. The molecular weight excluding hydrogens is 440 g/mol. The lowest BCUT2D eigenvalue weighted by Crippen LogP contribution is -2.36. The van der Waals surface area contributed by atoms with E-state index in [2.05, 4.69) is 25.6 Å². The fourth-order valence-electron chi connectivity index (χ4n) is 3.89. The van der Waals surface area contributed by atoms with E-state index in [1.807, 2.05) is 31.2 Å². The third kappa shape index (κ3) is 4.51. The van der Waals surface area contributed by atoms with Crippen molar-refractivity contribution < 1.29 is 23.7 Å². The minimum Gasteiger partial charge on any atom is -0.390 e. The van der Waals surface area contributed by atoms with E-state index in [-0.39, 0.29) is 6.42 Å². The highest BCUT2D eigenvalue weighted by molar-refractivity contribution is 7.21. The van der Waals surface area contributed by atoms with Crippen molar-refractivity contribution in [3.63, 3.8) is 0 Å². The zero-order valence-electron chi connectivity index (χ0n) is 17.6. The monoisotopic (exact) mass is 465 g/mol. The zero-order valence-corrected chi connectivity index (χ0v) is 18.4. The highest BCUT2D eigenvalue weighted by atomic mass is 32.1. The van der Waals surface area contributed by atoms with Gasteiger partial charge in [-0.05, 0) is 25.5 Å². The summed E-state index contributed by atoms with van der Waals surface area (Å²) >= 11 is 1.47. The molecular formula is C21H25F2N5O3S. The van der Waals surface area contributed by atoms with Crippen LogP contribution in [0, 0.1) is 12.8 Å².